The third-order valence-corrected chi connectivity index (χ3v) is 4.30. The smallest absolute Gasteiger partial charge is 0.119 e. The van der Waals surface area contributed by atoms with Crippen LogP contribution in [-0.2, 0) is 6.42 Å². The highest BCUT2D eigenvalue weighted by Gasteiger charge is 2.16. The van der Waals surface area contributed by atoms with Crippen molar-refractivity contribution in [1.82, 2.24) is 0 Å². The summed E-state index contributed by atoms with van der Waals surface area (Å²) in [5.74, 6) is 0.880. The lowest BCUT2D eigenvalue weighted by molar-refractivity contribution is 0.414. The second-order valence-corrected chi connectivity index (χ2v) is 5.31. The first kappa shape index (κ1) is 13.1. The van der Waals surface area contributed by atoms with Gasteiger partial charge in [0.25, 0.3) is 0 Å². The molecule has 2 rings (SSSR count). The van der Waals surface area contributed by atoms with Crippen LogP contribution < -0.4 is 10.5 Å². The summed E-state index contributed by atoms with van der Waals surface area (Å²) in [4.78, 5) is 1.27. The van der Waals surface area contributed by atoms with E-state index in [1.165, 1.54) is 21.6 Å². The summed E-state index contributed by atoms with van der Waals surface area (Å²) in [5.41, 5.74) is 10.1. The largest absolute Gasteiger partial charge is 0.497 e. The molecule has 1 aromatic carbocycles. The Morgan fingerprint density at radius 1 is 1.33 bits per heavy atom. The molecule has 0 aliphatic heterocycles. The number of rotatable bonds is 4. The summed E-state index contributed by atoms with van der Waals surface area (Å²) in [6.07, 6.45) is 1.03. The quantitative estimate of drug-likeness (QED) is 0.911. The molecule has 0 amide bonds. The highest BCUT2D eigenvalue weighted by atomic mass is 32.1. The molecule has 96 valence electrons. The topological polar surface area (TPSA) is 35.2 Å². The van der Waals surface area contributed by atoms with Gasteiger partial charge in [0.2, 0.25) is 0 Å². The van der Waals surface area contributed by atoms with Crippen LogP contribution in [-0.4, -0.2) is 7.11 Å². The van der Waals surface area contributed by atoms with Gasteiger partial charge in [-0.2, -0.15) is 0 Å². The molecule has 0 spiro atoms. The Bertz CT molecular complexity index is 533. The molecule has 2 N–H and O–H groups in total. The molecular weight excluding hydrogens is 242 g/mol. The average molecular weight is 261 g/mol. The second kappa shape index (κ2) is 5.55. The summed E-state index contributed by atoms with van der Waals surface area (Å²) in [7, 11) is 1.68. The number of thiophene rings is 1. The number of nitrogens with two attached hydrogens (primary N) is 1. The molecule has 0 fully saturated rings. The monoisotopic (exact) mass is 261 g/mol. The van der Waals surface area contributed by atoms with Crippen molar-refractivity contribution < 1.29 is 4.74 Å². The van der Waals surface area contributed by atoms with E-state index in [9.17, 15) is 0 Å². The van der Waals surface area contributed by atoms with Crippen LogP contribution in [0, 0.1) is 6.92 Å². The van der Waals surface area contributed by atoms with Crippen LogP contribution >= 0.6 is 11.3 Å². The molecule has 18 heavy (non-hydrogen) atoms. The van der Waals surface area contributed by atoms with Gasteiger partial charge in [0.1, 0.15) is 5.75 Å². The zero-order valence-electron chi connectivity index (χ0n) is 11.1. The molecular formula is C15H19NOS. The van der Waals surface area contributed by atoms with E-state index in [0.717, 1.165) is 12.2 Å². The number of methoxy groups -OCH3 is 1. The maximum absolute atomic E-state index is 6.40. The van der Waals surface area contributed by atoms with Crippen molar-refractivity contribution in [3.63, 3.8) is 0 Å². The maximum Gasteiger partial charge on any atom is 0.119 e. The van der Waals surface area contributed by atoms with Gasteiger partial charge >= 0.3 is 0 Å². The summed E-state index contributed by atoms with van der Waals surface area (Å²) in [6, 6.07) is 8.21. The SMILES string of the molecule is CCc1ccsc1C(N)c1ccc(OC)cc1C. The molecule has 0 saturated heterocycles. The number of hydrogen-bond acceptors (Lipinski definition) is 3. The highest BCUT2D eigenvalue weighted by Crippen LogP contribution is 2.31. The Hall–Kier alpha value is -1.32. The van der Waals surface area contributed by atoms with Crippen LogP contribution in [0.5, 0.6) is 5.75 Å². The molecule has 3 heteroatoms. The zero-order valence-corrected chi connectivity index (χ0v) is 11.9. The van der Waals surface area contributed by atoms with Crippen LogP contribution in [0.25, 0.3) is 0 Å². The van der Waals surface area contributed by atoms with E-state index in [0.29, 0.717) is 0 Å². The summed E-state index contributed by atoms with van der Waals surface area (Å²) in [6.45, 7) is 4.25. The molecule has 0 bridgehead atoms. The van der Waals surface area contributed by atoms with Crippen molar-refractivity contribution in [2.24, 2.45) is 5.73 Å². The van der Waals surface area contributed by atoms with Crippen molar-refractivity contribution in [1.29, 1.82) is 0 Å². The molecule has 2 nitrogen and oxygen atoms in total. The van der Waals surface area contributed by atoms with E-state index in [4.69, 9.17) is 10.5 Å². The van der Waals surface area contributed by atoms with Gasteiger partial charge in [0.15, 0.2) is 0 Å². The lowest BCUT2D eigenvalue weighted by Gasteiger charge is -2.16. The van der Waals surface area contributed by atoms with E-state index in [1.807, 2.05) is 12.1 Å². The second-order valence-electron chi connectivity index (χ2n) is 4.36. The van der Waals surface area contributed by atoms with Gasteiger partial charge in [-0.25, -0.2) is 0 Å². The Morgan fingerprint density at radius 3 is 2.72 bits per heavy atom. The van der Waals surface area contributed by atoms with Crippen molar-refractivity contribution in [2.75, 3.05) is 7.11 Å². The first-order valence-electron chi connectivity index (χ1n) is 6.13. The Balaban J connectivity index is 2.37. The molecule has 2 aromatic rings. The Morgan fingerprint density at radius 2 is 2.11 bits per heavy atom. The van der Waals surface area contributed by atoms with Gasteiger partial charge in [-0.05, 0) is 53.6 Å². The van der Waals surface area contributed by atoms with Gasteiger partial charge in [-0.1, -0.05) is 13.0 Å². The molecule has 1 atom stereocenters. The van der Waals surface area contributed by atoms with Crippen LogP contribution in [0.3, 0.4) is 0 Å². The van der Waals surface area contributed by atoms with Crippen molar-refractivity contribution in [2.45, 2.75) is 26.3 Å². The lowest BCUT2D eigenvalue weighted by atomic mass is 9.98. The first-order chi connectivity index (χ1) is 8.67. The zero-order chi connectivity index (χ0) is 13.1. The Kier molecular flexibility index (Phi) is 4.04. The number of benzene rings is 1. The van der Waals surface area contributed by atoms with Gasteiger partial charge < -0.3 is 10.5 Å². The lowest BCUT2D eigenvalue weighted by Crippen LogP contribution is -2.13. The van der Waals surface area contributed by atoms with Gasteiger partial charge in [0, 0.05) is 4.88 Å². The van der Waals surface area contributed by atoms with Crippen LogP contribution in [0.15, 0.2) is 29.6 Å². The van der Waals surface area contributed by atoms with E-state index < -0.39 is 0 Å². The third-order valence-electron chi connectivity index (χ3n) is 3.26. The Labute approximate surface area is 112 Å². The molecule has 0 aliphatic carbocycles. The van der Waals surface area contributed by atoms with E-state index in [2.05, 4.69) is 31.4 Å². The van der Waals surface area contributed by atoms with Crippen molar-refractivity contribution in [3.05, 3.63) is 51.2 Å². The number of hydrogen-bond donors (Lipinski definition) is 1. The standard InChI is InChI=1S/C15H19NOS/c1-4-11-7-8-18-15(11)14(16)13-6-5-12(17-3)9-10(13)2/h5-9,14H,4,16H2,1-3H3. The third kappa shape index (κ3) is 2.42. The number of aryl methyl sites for hydroxylation is 2. The number of ether oxygens (including phenoxy) is 1. The fourth-order valence-electron chi connectivity index (χ4n) is 2.18. The molecule has 1 aromatic heterocycles. The van der Waals surface area contributed by atoms with Crippen LogP contribution in [0.2, 0.25) is 0 Å². The normalized spacial score (nSPS) is 12.4. The van der Waals surface area contributed by atoms with Crippen LogP contribution in [0.1, 0.15) is 34.5 Å². The van der Waals surface area contributed by atoms with Crippen molar-refractivity contribution >= 4 is 11.3 Å². The predicted molar refractivity (Wildman–Crippen MR) is 77.5 cm³/mol. The first-order valence-corrected chi connectivity index (χ1v) is 7.01. The van der Waals surface area contributed by atoms with Gasteiger partial charge in [-0.15, -0.1) is 11.3 Å². The molecule has 1 unspecified atom stereocenters. The van der Waals surface area contributed by atoms with E-state index in [1.54, 1.807) is 18.4 Å². The van der Waals surface area contributed by atoms with Gasteiger partial charge in [0.05, 0.1) is 13.2 Å². The van der Waals surface area contributed by atoms with E-state index >= 15 is 0 Å². The minimum Gasteiger partial charge on any atom is -0.497 e. The maximum atomic E-state index is 6.40. The van der Waals surface area contributed by atoms with Crippen molar-refractivity contribution in [3.8, 4) is 5.75 Å². The van der Waals surface area contributed by atoms with Gasteiger partial charge in [-0.3, -0.25) is 0 Å². The molecule has 0 radical (unpaired) electrons. The highest BCUT2D eigenvalue weighted by molar-refractivity contribution is 7.10. The van der Waals surface area contributed by atoms with Crippen LogP contribution in [0.4, 0.5) is 0 Å². The summed E-state index contributed by atoms with van der Waals surface area (Å²) in [5, 5.41) is 2.12. The minimum atomic E-state index is -0.0362. The minimum absolute atomic E-state index is 0.0362. The molecule has 0 aliphatic rings. The fraction of sp³-hybridized carbons (Fsp3) is 0.333. The molecule has 1 heterocycles. The molecule has 0 saturated carbocycles. The summed E-state index contributed by atoms with van der Waals surface area (Å²) < 4.78 is 5.23. The fourth-order valence-corrected chi connectivity index (χ4v) is 3.19. The van der Waals surface area contributed by atoms with E-state index in [-0.39, 0.29) is 6.04 Å². The predicted octanol–water partition coefficient (Wildman–Crippen LogP) is 3.68. The summed E-state index contributed by atoms with van der Waals surface area (Å²) >= 11 is 1.74. The average Bonchev–Trinajstić information content (AvgIpc) is 2.86.